The van der Waals surface area contributed by atoms with E-state index in [9.17, 15) is 4.79 Å². The molecule has 2 heterocycles. The number of aromatic amines is 1. The number of aromatic nitrogens is 1. The van der Waals surface area contributed by atoms with E-state index in [0.29, 0.717) is 0 Å². The number of hydrogen-bond acceptors (Lipinski definition) is 4. The fraction of sp³-hybridized carbons (Fsp3) is 0.357. The maximum Gasteiger partial charge on any atom is 0.255 e. The summed E-state index contributed by atoms with van der Waals surface area (Å²) >= 11 is 1.76. The second kappa shape index (κ2) is 5.77. The number of H-pyrrole nitrogens is 1. The van der Waals surface area contributed by atoms with Crippen LogP contribution in [-0.2, 0) is 0 Å². The lowest BCUT2D eigenvalue weighted by Gasteiger charge is -2.18. The van der Waals surface area contributed by atoms with E-state index in [1.54, 1.807) is 18.1 Å². The molecule has 100 valence electrons. The lowest BCUT2D eigenvalue weighted by Crippen LogP contribution is -2.22. The van der Waals surface area contributed by atoms with Crippen LogP contribution in [0.4, 0.5) is 0 Å². The van der Waals surface area contributed by atoms with Gasteiger partial charge in [-0.25, -0.2) is 4.31 Å². The van der Waals surface area contributed by atoms with Crippen LogP contribution in [0.15, 0.2) is 40.2 Å². The molecule has 0 radical (unpaired) electrons. The molecule has 1 aromatic heterocycles. The maximum atomic E-state index is 11.8. The van der Waals surface area contributed by atoms with Crippen molar-refractivity contribution >= 4 is 22.7 Å². The summed E-state index contributed by atoms with van der Waals surface area (Å²) < 4.78 is 2.37. The summed E-state index contributed by atoms with van der Waals surface area (Å²) in [6.45, 7) is 4.23. The molecule has 1 aliphatic heterocycles. The van der Waals surface area contributed by atoms with Crippen molar-refractivity contribution < 1.29 is 0 Å². The SMILES string of the molecule is O=c1[nH]ccc2c(SN3CCCNCC3)cccc12. The van der Waals surface area contributed by atoms with Gasteiger partial charge in [0.1, 0.15) is 0 Å². The summed E-state index contributed by atoms with van der Waals surface area (Å²) in [5, 5.41) is 5.20. The van der Waals surface area contributed by atoms with Crippen LogP contribution in [0, 0.1) is 0 Å². The van der Waals surface area contributed by atoms with Crippen molar-refractivity contribution in [3.63, 3.8) is 0 Å². The topological polar surface area (TPSA) is 48.1 Å². The van der Waals surface area contributed by atoms with E-state index in [4.69, 9.17) is 0 Å². The summed E-state index contributed by atoms with van der Waals surface area (Å²) in [6, 6.07) is 7.90. The molecule has 0 aliphatic carbocycles. The van der Waals surface area contributed by atoms with Crippen LogP contribution in [0.2, 0.25) is 0 Å². The van der Waals surface area contributed by atoms with Crippen molar-refractivity contribution in [2.45, 2.75) is 11.3 Å². The third kappa shape index (κ3) is 2.83. The lowest BCUT2D eigenvalue weighted by atomic mass is 10.2. The van der Waals surface area contributed by atoms with Gasteiger partial charge in [-0.3, -0.25) is 4.79 Å². The quantitative estimate of drug-likeness (QED) is 0.821. The average Bonchev–Trinajstić information content (AvgIpc) is 2.69. The Labute approximate surface area is 116 Å². The van der Waals surface area contributed by atoms with Gasteiger partial charge in [0.25, 0.3) is 5.56 Å². The first-order valence-corrected chi connectivity index (χ1v) is 7.36. The van der Waals surface area contributed by atoms with Crippen LogP contribution in [-0.4, -0.2) is 35.5 Å². The van der Waals surface area contributed by atoms with Crippen LogP contribution in [0.25, 0.3) is 10.8 Å². The molecule has 1 aliphatic rings. The molecular formula is C14H17N3OS. The predicted molar refractivity (Wildman–Crippen MR) is 79.5 cm³/mol. The van der Waals surface area contributed by atoms with Crippen molar-refractivity contribution in [3.05, 3.63) is 40.8 Å². The summed E-state index contributed by atoms with van der Waals surface area (Å²) in [4.78, 5) is 15.7. The smallest absolute Gasteiger partial charge is 0.255 e. The zero-order valence-electron chi connectivity index (χ0n) is 10.7. The van der Waals surface area contributed by atoms with Crippen molar-refractivity contribution in [1.29, 1.82) is 0 Å². The van der Waals surface area contributed by atoms with Gasteiger partial charge in [-0.15, -0.1) is 0 Å². The first-order chi connectivity index (χ1) is 9.34. The van der Waals surface area contributed by atoms with Crippen LogP contribution in [0.1, 0.15) is 6.42 Å². The molecule has 1 fully saturated rings. The highest BCUT2D eigenvalue weighted by atomic mass is 32.2. The van der Waals surface area contributed by atoms with E-state index in [1.165, 1.54) is 6.42 Å². The summed E-state index contributed by atoms with van der Waals surface area (Å²) in [7, 11) is 0. The van der Waals surface area contributed by atoms with E-state index in [-0.39, 0.29) is 5.56 Å². The normalized spacial score (nSPS) is 17.5. The number of benzene rings is 1. The molecule has 0 amide bonds. The second-order valence-electron chi connectivity index (χ2n) is 4.65. The fourth-order valence-electron chi connectivity index (χ4n) is 2.32. The molecule has 19 heavy (non-hydrogen) atoms. The van der Waals surface area contributed by atoms with Crippen molar-refractivity contribution in [2.75, 3.05) is 26.2 Å². The Kier molecular flexibility index (Phi) is 3.87. The first kappa shape index (κ1) is 12.7. The molecular weight excluding hydrogens is 258 g/mol. The van der Waals surface area contributed by atoms with Crippen molar-refractivity contribution in [1.82, 2.24) is 14.6 Å². The Balaban J connectivity index is 1.92. The molecule has 4 nitrogen and oxygen atoms in total. The molecule has 0 spiro atoms. The van der Waals surface area contributed by atoms with E-state index >= 15 is 0 Å². The first-order valence-electron chi connectivity index (χ1n) is 6.59. The summed E-state index contributed by atoms with van der Waals surface area (Å²) in [5.74, 6) is 0. The number of fused-ring (bicyclic) bond motifs is 1. The summed E-state index contributed by atoms with van der Waals surface area (Å²) in [5.41, 5.74) is -0.0162. The van der Waals surface area contributed by atoms with E-state index in [1.807, 2.05) is 18.2 Å². The van der Waals surface area contributed by atoms with Gasteiger partial charge in [0, 0.05) is 41.5 Å². The number of rotatable bonds is 2. The fourth-order valence-corrected chi connectivity index (χ4v) is 3.42. The van der Waals surface area contributed by atoms with Crippen LogP contribution in [0.3, 0.4) is 0 Å². The van der Waals surface area contributed by atoms with Gasteiger partial charge in [0.05, 0.1) is 0 Å². The average molecular weight is 275 g/mol. The number of nitrogens with one attached hydrogen (secondary N) is 2. The zero-order chi connectivity index (χ0) is 13.1. The lowest BCUT2D eigenvalue weighted by molar-refractivity contribution is 0.502. The van der Waals surface area contributed by atoms with E-state index in [0.717, 1.165) is 41.8 Å². The highest BCUT2D eigenvalue weighted by Crippen LogP contribution is 2.29. The van der Waals surface area contributed by atoms with Gasteiger partial charge >= 0.3 is 0 Å². The van der Waals surface area contributed by atoms with Gasteiger partial charge in [-0.1, -0.05) is 6.07 Å². The van der Waals surface area contributed by atoms with Gasteiger partial charge in [0.15, 0.2) is 0 Å². The molecule has 1 saturated heterocycles. The third-order valence-corrected chi connectivity index (χ3v) is 4.48. The second-order valence-corrected chi connectivity index (χ2v) is 5.79. The van der Waals surface area contributed by atoms with Crippen molar-refractivity contribution in [3.8, 4) is 0 Å². The maximum absolute atomic E-state index is 11.8. The molecule has 5 heteroatoms. The number of nitrogens with zero attached hydrogens (tertiary/aromatic N) is 1. The molecule has 1 aromatic carbocycles. The standard InChI is InChI=1S/C14H17N3OS/c18-14-12-3-1-4-13(11(12)5-7-16-14)19-17-9-2-6-15-8-10-17/h1,3-5,7,15H,2,6,8-10H2,(H,16,18). The largest absolute Gasteiger partial charge is 0.329 e. The highest BCUT2D eigenvalue weighted by molar-refractivity contribution is 7.97. The van der Waals surface area contributed by atoms with Crippen LogP contribution in [0.5, 0.6) is 0 Å². The Bertz CT molecular complexity index is 617. The minimum Gasteiger partial charge on any atom is -0.329 e. The Morgan fingerprint density at radius 2 is 2.05 bits per heavy atom. The monoisotopic (exact) mass is 275 g/mol. The Hall–Kier alpha value is -1.30. The van der Waals surface area contributed by atoms with Crippen LogP contribution >= 0.6 is 11.9 Å². The molecule has 0 unspecified atom stereocenters. The third-order valence-electron chi connectivity index (χ3n) is 3.30. The summed E-state index contributed by atoms with van der Waals surface area (Å²) in [6.07, 6.45) is 2.89. The Morgan fingerprint density at radius 3 is 3.00 bits per heavy atom. The predicted octanol–water partition coefficient (Wildman–Crippen LogP) is 1.83. The van der Waals surface area contributed by atoms with Gasteiger partial charge < -0.3 is 10.3 Å². The van der Waals surface area contributed by atoms with Gasteiger partial charge in [-0.05, 0) is 43.1 Å². The van der Waals surface area contributed by atoms with E-state index in [2.05, 4.69) is 20.7 Å². The Morgan fingerprint density at radius 1 is 1.11 bits per heavy atom. The molecule has 2 aromatic rings. The van der Waals surface area contributed by atoms with Gasteiger partial charge in [0.2, 0.25) is 0 Å². The van der Waals surface area contributed by atoms with Gasteiger partial charge in [-0.2, -0.15) is 0 Å². The highest BCUT2D eigenvalue weighted by Gasteiger charge is 2.12. The van der Waals surface area contributed by atoms with E-state index < -0.39 is 0 Å². The molecule has 2 N–H and O–H groups in total. The molecule has 0 atom stereocenters. The number of hydrogen-bond donors (Lipinski definition) is 2. The molecule has 3 rings (SSSR count). The minimum absolute atomic E-state index is 0.0162. The molecule has 0 bridgehead atoms. The molecule has 0 saturated carbocycles. The van der Waals surface area contributed by atoms with Crippen molar-refractivity contribution in [2.24, 2.45) is 0 Å². The van der Waals surface area contributed by atoms with Crippen LogP contribution < -0.4 is 10.9 Å². The number of pyridine rings is 1. The minimum atomic E-state index is -0.0162. The zero-order valence-corrected chi connectivity index (χ0v) is 11.5.